The number of nitrogens with two attached hydrogens (primary N) is 1. The van der Waals surface area contributed by atoms with E-state index in [4.69, 9.17) is 10.5 Å². The fourth-order valence-electron chi connectivity index (χ4n) is 2.36. The summed E-state index contributed by atoms with van der Waals surface area (Å²) in [6, 6.07) is 6.99. The Bertz CT molecular complexity index is 810. The van der Waals surface area contributed by atoms with Crippen molar-refractivity contribution < 1.29 is 18.3 Å². The Labute approximate surface area is 157 Å². The molecule has 3 N–H and O–H groups in total. The predicted molar refractivity (Wildman–Crippen MR) is 100 cm³/mol. The lowest BCUT2D eigenvalue weighted by molar-refractivity contribution is 0.0951. The average molecular weight is 375 g/mol. The summed E-state index contributed by atoms with van der Waals surface area (Å²) in [5.41, 5.74) is 5.83. The number of allylic oxidation sites excluding steroid dienone is 1. The standard InChI is InChI=1S/C20H23F2N3O2/c1-2-3-4-5-6-12-27-16-9-7-8-14(18(16)22)13-24-20(26)15-10-11-17(21)25-19(15)23/h5-11H,2-4,12-13H2,1H3,(H2,23,25)(H,24,26). The van der Waals surface area contributed by atoms with Gasteiger partial charge < -0.3 is 15.8 Å². The lowest BCUT2D eigenvalue weighted by atomic mass is 10.2. The van der Waals surface area contributed by atoms with Gasteiger partial charge in [-0.3, -0.25) is 4.79 Å². The molecular weight excluding hydrogens is 352 g/mol. The summed E-state index contributed by atoms with van der Waals surface area (Å²) < 4.78 is 32.9. The first-order chi connectivity index (χ1) is 13.0. The van der Waals surface area contributed by atoms with E-state index in [1.54, 1.807) is 12.1 Å². The molecule has 0 saturated carbocycles. The molecule has 0 radical (unpaired) electrons. The number of pyridine rings is 1. The molecular formula is C20H23F2N3O2. The maximum Gasteiger partial charge on any atom is 0.255 e. The number of anilines is 1. The smallest absolute Gasteiger partial charge is 0.255 e. The topological polar surface area (TPSA) is 77.2 Å². The number of nitrogens with one attached hydrogen (secondary N) is 1. The molecule has 2 rings (SSSR count). The van der Waals surface area contributed by atoms with E-state index in [2.05, 4.69) is 17.2 Å². The van der Waals surface area contributed by atoms with E-state index >= 15 is 0 Å². The largest absolute Gasteiger partial charge is 0.486 e. The molecule has 0 fully saturated rings. The quantitative estimate of drug-likeness (QED) is 0.395. The summed E-state index contributed by atoms with van der Waals surface area (Å²) in [7, 11) is 0. The van der Waals surface area contributed by atoms with Gasteiger partial charge in [-0.2, -0.15) is 4.39 Å². The number of carbonyl (C=O) groups is 1. The second kappa shape index (κ2) is 10.3. The molecule has 5 nitrogen and oxygen atoms in total. The zero-order chi connectivity index (χ0) is 19.6. The first kappa shape index (κ1) is 20.4. The summed E-state index contributed by atoms with van der Waals surface area (Å²) >= 11 is 0. The molecule has 144 valence electrons. The summed E-state index contributed by atoms with van der Waals surface area (Å²) in [6.45, 7) is 2.32. The van der Waals surface area contributed by atoms with Crippen LogP contribution < -0.4 is 15.8 Å². The van der Waals surface area contributed by atoms with Crippen molar-refractivity contribution in [3.05, 3.63) is 65.4 Å². The van der Waals surface area contributed by atoms with Crippen molar-refractivity contribution in [2.24, 2.45) is 0 Å². The third kappa shape index (κ3) is 6.06. The Hall–Kier alpha value is -2.96. The van der Waals surface area contributed by atoms with Crippen molar-refractivity contribution in [3.8, 4) is 5.75 Å². The molecule has 1 heterocycles. The van der Waals surface area contributed by atoms with E-state index < -0.39 is 17.7 Å². The molecule has 0 spiro atoms. The minimum atomic E-state index is -0.774. The Morgan fingerprint density at radius 1 is 1.26 bits per heavy atom. The minimum Gasteiger partial charge on any atom is -0.486 e. The number of unbranched alkanes of at least 4 members (excludes halogenated alkanes) is 2. The molecule has 0 atom stereocenters. The predicted octanol–water partition coefficient (Wildman–Crippen LogP) is 4.00. The van der Waals surface area contributed by atoms with Gasteiger partial charge in [0.15, 0.2) is 11.6 Å². The monoisotopic (exact) mass is 375 g/mol. The lowest BCUT2D eigenvalue weighted by Crippen LogP contribution is -2.24. The van der Waals surface area contributed by atoms with Gasteiger partial charge in [-0.25, -0.2) is 9.37 Å². The fraction of sp³-hybridized carbons (Fsp3) is 0.300. The van der Waals surface area contributed by atoms with E-state index in [9.17, 15) is 13.6 Å². The number of benzene rings is 1. The number of hydrogen-bond donors (Lipinski definition) is 2. The van der Waals surface area contributed by atoms with Crippen LogP contribution in [0.4, 0.5) is 14.6 Å². The zero-order valence-corrected chi connectivity index (χ0v) is 15.2. The molecule has 0 saturated heterocycles. The summed E-state index contributed by atoms with van der Waals surface area (Å²) in [5.74, 6) is -1.98. The van der Waals surface area contributed by atoms with E-state index in [1.165, 1.54) is 12.1 Å². The van der Waals surface area contributed by atoms with E-state index in [0.29, 0.717) is 0 Å². The molecule has 2 aromatic rings. The SMILES string of the molecule is CCCCC=CCOc1cccc(CNC(=O)c2ccc(F)nc2N)c1F. The van der Waals surface area contributed by atoms with Crippen LogP contribution in [0.25, 0.3) is 0 Å². The zero-order valence-electron chi connectivity index (χ0n) is 15.2. The molecule has 0 bridgehead atoms. The molecule has 1 amide bonds. The van der Waals surface area contributed by atoms with Gasteiger partial charge in [-0.05, 0) is 24.6 Å². The number of amides is 1. The highest BCUT2D eigenvalue weighted by Crippen LogP contribution is 2.21. The Morgan fingerprint density at radius 3 is 2.81 bits per heavy atom. The van der Waals surface area contributed by atoms with E-state index in [-0.39, 0.29) is 35.8 Å². The number of ether oxygens (including phenoxy) is 1. The molecule has 0 aliphatic rings. The fourth-order valence-corrected chi connectivity index (χ4v) is 2.36. The summed E-state index contributed by atoms with van der Waals surface area (Å²) in [4.78, 5) is 15.5. The average Bonchev–Trinajstić information content (AvgIpc) is 2.64. The van der Waals surface area contributed by atoms with Crippen LogP contribution in [0.1, 0.15) is 42.1 Å². The van der Waals surface area contributed by atoms with Crippen LogP contribution >= 0.6 is 0 Å². The molecule has 1 aromatic heterocycles. The van der Waals surface area contributed by atoms with Gasteiger partial charge in [-0.1, -0.05) is 44.1 Å². The normalized spacial score (nSPS) is 10.9. The van der Waals surface area contributed by atoms with Gasteiger partial charge >= 0.3 is 0 Å². The van der Waals surface area contributed by atoms with Crippen LogP contribution in [0.2, 0.25) is 0 Å². The highest BCUT2D eigenvalue weighted by Gasteiger charge is 2.14. The lowest BCUT2D eigenvalue weighted by Gasteiger charge is -2.11. The van der Waals surface area contributed by atoms with Crippen molar-refractivity contribution in [3.63, 3.8) is 0 Å². The van der Waals surface area contributed by atoms with Gasteiger partial charge in [0.1, 0.15) is 12.4 Å². The first-order valence-electron chi connectivity index (χ1n) is 8.78. The highest BCUT2D eigenvalue weighted by molar-refractivity contribution is 5.98. The van der Waals surface area contributed by atoms with Gasteiger partial charge in [0.05, 0.1) is 5.56 Å². The maximum atomic E-state index is 14.5. The van der Waals surface area contributed by atoms with E-state index in [0.717, 1.165) is 25.3 Å². The number of nitrogen functional groups attached to an aromatic ring is 1. The van der Waals surface area contributed by atoms with Crippen LogP contribution in [0.15, 0.2) is 42.5 Å². The Morgan fingerprint density at radius 2 is 2.07 bits per heavy atom. The number of carbonyl (C=O) groups excluding carboxylic acids is 1. The molecule has 0 unspecified atom stereocenters. The van der Waals surface area contributed by atoms with Crippen LogP contribution in [-0.2, 0) is 6.54 Å². The second-order valence-electron chi connectivity index (χ2n) is 5.90. The van der Waals surface area contributed by atoms with Crippen molar-refractivity contribution in [1.29, 1.82) is 0 Å². The highest BCUT2D eigenvalue weighted by atomic mass is 19.1. The second-order valence-corrected chi connectivity index (χ2v) is 5.90. The molecule has 1 aromatic carbocycles. The third-order valence-electron chi connectivity index (χ3n) is 3.84. The Kier molecular flexibility index (Phi) is 7.73. The van der Waals surface area contributed by atoms with Crippen LogP contribution in [0.5, 0.6) is 5.75 Å². The van der Waals surface area contributed by atoms with Crippen LogP contribution in [0, 0.1) is 11.8 Å². The van der Waals surface area contributed by atoms with Crippen LogP contribution in [0.3, 0.4) is 0 Å². The van der Waals surface area contributed by atoms with Crippen molar-refractivity contribution in [1.82, 2.24) is 10.3 Å². The number of aromatic nitrogens is 1. The molecule has 27 heavy (non-hydrogen) atoms. The van der Waals surface area contributed by atoms with Gasteiger partial charge in [-0.15, -0.1) is 0 Å². The molecule has 0 aliphatic heterocycles. The van der Waals surface area contributed by atoms with Crippen molar-refractivity contribution in [2.45, 2.75) is 32.7 Å². The number of rotatable bonds is 9. The van der Waals surface area contributed by atoms with E-state index in [1.807, 2.05) is 12.2 Å². The van der Waals surface area contributed by atoms with Crippen LogP contribution in [-0.4, -0.2) is 17.5 Å². The number of nitrogens with zero attached hydrogens (tertiary/aromatic N) is 1. The number of hydrogen-bond acceptors (Lipinski definition) is 4. The number of halogens is 2. The Balaban J connectivity index is 1.94. The van der Waals surface area contributed by atoms with Gasteiger partial charge in [0.2, 0.25) is 5.95 Å². The summed E-state index contributed by atoms with van der Waals surface area (Å²) in [6.07, 6.45) is 7.05. The molecule has 7 heteroatoms. The summed E-state index contributed by atoms with van der Waals surface area (Å²) in [5, 5.41) is 2.54. The molecule has 0 aliphatic carbocycles. The van der Waals surface area contributed by atoms with Crippen molar-refractivity contribution in [2.75, 3.05) is 12.3 Å². The first-order valence-corrected chi connectivity index (χ1v) is 8.78. The minimum absolute atomic E-state index is 0.0291. The van der Waals surface area contributed by atoms with Gasteiger partial charge in [0.25, 0.3) is 5.91 Å². The third-order valence-corrected chi connectivity index (χ3v) is 3.84. The van der Waals surface area contributed by atoms with Crippen molar-refractivity contribution >= 4 is 11.7 Å². The van der Waals surface area contributed by atoms with Gasteiger partial charge in [0, 0.05) is 12.1 Å². The maximum absolute atomic E-state index is 14.5.